The smallest absolute Gasteiger partial charge is 0.337 e. The van der Waals surface area contributed by atoms with E-state index >= 15 is 0 Å². The van der Waals surface area contributed by atoms with Crippen molar-refractivity contribution in [1.82, 2.24) is 0 Å². The van der Waals surface area contributed by atoms with Gasteiger partial charge in [0.1, 0.15) is 5.76 Å². The molecular weight excluding hydrogens is 210 g/mol. The summed E-state index contributed by atoms with van der Waals surface area (Å²) in [7, 11) is 0. The summed E-state index contributed by atoms with van der Waals surface area (Å²) >= 11 is 0. The number of hydrogen-bond acceptors (Lipinski definition) is 4. The zero-order valence-corrected chi connectivity index (χ0v) is 9.16. The maximum Gasteiger partial charge on any atom is 0.337 e. The van der Waals surface area contributed by atoms with Crippen LogP contribution in [0.4, 0.5) is 5.69 Å². The third-order valence-corrected chi connectivity index (χ3v) is 1.99. The van der Waals surface area contributed by atoms with Crippen LogP contribution in [0.3, 0.4) is 0 Å². The zero-order chi connectivity index (χ0) is 12.0. The van der Waals surface area contributed by atoms with Gasteiger partial charge in [-0.3, -0.25) is 4.79 Å². The third kappa shape index (κ3) is 4.27. The molecule has 0 aliphatic carbocycles. The van der Waals surface area contributed by atoms with Crippen molar-refractivity contribution in [1.29, 1.82) is 0 Å². The van der Waals surface area contributed by atoms with E-state index in [0.29, 0.717) is 30.7 Å². The quantitative estimate of drug-likeness (QED) is 0.734. The van der Waals surface area contributed by atoms with Crippen LogP contribution in [0, 0.1) is 6.92 Å². The molecule has 0 fully saturated rings. The average molecular weight is 225 g/mol. The fraction of sp³-hybridized carbons (Fsp3) is 0.455. The molecule has 1 heterocycles. The first-order valence-corrected chi connectivity index (χ1v) is 5.14. The van der Waals surface area contributed by atoms with Crippen molar-refractivity contribution in [3.05, 3.63) is 28.3 Å². The van der Waals surface area contributed by atoms with Gasteiger partial charge in [-0.05, 0) is 19.8 Å². The average Bonchev–Trinajstić information content (AvgIpc) is 2.16. The van der Waals surface area contributed by atoms with E-state index in [0.717, 1.165) is 0 Å². The Morgan fingerprint density at radius 3 is 2.81 bits per heavy atom. The second-order valence-corrected chi connectivity index (χ2v) is 3.50. The molecule has 88 valence electrons. The molecule has 0 bridgehead atoms. The number of aryl methyl sites for hydroxylation is 1. The van der Waals surface area contributed by atoms with Crippen LogP contribution in [0.2, 0.25) is 0 Å². The summed E-state index contributed by atoms with van der Waals surface area (Å²) in [6.07, 6.45) is 1.56. The van der Waals surface area contributed by atoms with Crippen LogP contribution in [0.1, 0.15) is 25.0 Å². The first-order chi connectivity index (χ1) is 7.61. The summed E-state index contributed by atoms with van der Waals surface area (Å²) < 4.78 is 4.76. The van der Waals surface area contributed by atoms with E-state index in [1.807, 2.05) is 0 Å². The normalized spacial score (nSPS) is 10.1. The number of aliphatic hydroxyl groups excluding tert-OH is 1. The monoisotopic (exact) mass is 225 g/mol. The predicted octanol–water partition coefficient (Wildman–Crippen LogP) is 1.05. The van der Waals surface area contributed by atoms with Gasteiger partial charge in [0.25, 0.3) is 0 Å². The molecule has 1 rings (SSSR count). The van der Waals surface area contributed by atoms with Gasteiger partial charge < -0.3 is 14.8 Å². The number of hydrogen-bond donors (Lipinski definition) is 2. The number of unbranched alkanes of at least 4 members (excludes halogenated alkanes) is 1. The Labute approximate surface area is 93.1 Å². The van der Waals surface area contributed by atoms with Gasteiger partial charge in [0.15, 0.2) is 0 Å². The Morgan fingerprint density at radius 2 is 2.19 bits per heavy atom. The van der Waals surface area contributed by atoms with Crippen molar-refractivity contribution in [2.75, 3.05) is 11.9 Å². The Morgan fingerprint density at radius 1 is 1.44 bits per heavy atom. The van der Waals surface area contributed by atoms with E-state index < -0.39 is 5.63 Å². The highest BCUT2D eigenvalue weighted by atomic mass is 16.4. The molecule has 1 aromatic rings. The van der Waals surface area contributed by atoms with Crippen LogP contribution in [0.25, 0.3) is 0 Å². The van der Waals surface area contributed by atoms with Crippen LogP contribution < -0.4 is 10.9 Å². The summed E-state index contributed by atoms with van der Waals surface area (Å²) in [6.45, 7) is 1.73. The molecule has 0 spiro atoms. The van der Waals surface area contributed by atoms with Crippen molar-refractivity contribution >= 4 is 11.6 Å². The fourth-order valence-electron chi connectivity index (χ4n) is 1.30. The first-order valence-electron chi connectivity index (χ1n) is 5.14. The molecule has 0 unspecified atom stereocenters. The van der Waals surface area contributed by atoms with Crippen molar-refractivity contribution in [3.63, 3.8) is 0 Å². The topological polar surface area (TPSA) is 79.5 Å². The maximum atomic E-state index is 11.4. The number of aliphatic hydroxyl groups is 1. The van der Waals surface area contributed by atoms with E-state index in [1.54, 1.807) is 13.0 Å². The Hall–Kier alpha value is -1.62. The van der Waals surface area contributed by atoms with E-state index in [-0.39, 0.29) is 12.5 Å². The van der Waals surface area contributed by atoms with E-state index in [1.165, 1.54) is 6.07 Å². The summed E-state index contributed by atoms with van der Waals surface area (Å²) in [5.41, 5.74) is -0.0339. The molecule has 0 saturated heterocycles. The van der Waals surface area contributed by atoms with Crippen LogP contribution in [0.5, 0.6) is 0 Å². The first kappa shape index (κ1) is 12.4. The Bertz CT molecular complexity index is 411. The summed E-state index contributed by atoms with van der Waals surface area (Å²) in [5.74, 6) is 0.289. The van der Waals surface area contributed by atoms with Crippen molar-refractivity contribution in [3.8, 4) is 0 Å². The highest BCUT2D eigenvalue weighted by Crippen LogP contribution is 2.07. The molecule has 0 aliphatic rings. The maximum absolute atomic E-state index is 11.4. The van der Waals surface area contributed by atoms with Crippen molar-refractivity contribution in [2.24, 2.45) is 0 Å². The van der Waals surface area contributed by atoms with Gasteiger partial charge >= 0.3 is 5.63 Å². The van der Waals surface area contributed by atoms with E-state index in [9.17, 15) is 9.59 Å². The minimum Gasteiger partial charge on any atom is -0.428 e. The van der Waals surface area contributed by atoms with Gasteiger partial charge in [0, 0.05) is 25.2 Å². The van der Waals surface area contributed by atoms with Crippen LogP contribution in [0.15, 0.2) is 21.3 Å². The van der Waals surface area contributed by atoms with Gasteiger partial charge in [0.05, 0.1) is 5.69 Å². The molecule has 0 radical (unpaired) electrons. The lowest BCUT2D eigenvalue weighted by Gasteiger charge is -2.04. The van der Waals surface area contributed by atoms with Crippen molar-refractivity contribution in [2.45, 2.75) is 26.2 Å². The highest BCUT2D eigenvalue weighted by Gasteiger charge is 2.03. The largest absolute Gasteiger partial charge is 0.428 e. The number of anilines is 1. The summed E-state index contributed by atoms with van der Waals surface area (Å²) in [5, 5.41) is 11.2. The van der Waals surface area contributed by atoms with Gasteiger partial charge in [-0.15, -0.1) is 0 Å². The Kier molecular flexibility index (Phi) is 4.72. The van der Waals surface area contributed by atoms with Crippen molar-refractivity contribution < 1.29 is 14.3 Å². The van der Waals surface area contributed by atoms with Crippen LogP contribution in [-0.4, -0.2) is 17.6 Å². The van der Waals surface area contributed by atoms with E-state index in [2.05, 4.69) is 5.32 Å². The predicted molar refractivity (Wildman–Crippen MR) is 59.3 cm³/mol. The molecule has 1 amide bonds. The van der Waals surface area contributed by atoms with Gasteiger partial charge in [0.2, 0.25) is 5.91 Å². The summed E-state index contributed by atoms with van der Waals surface area (Å²) in [4.78, 5) is 22.4. The lowest BCUT2D eigenvalue weighted by molar-refractivity contribution is -0.116. The molecule has 16 heavy (non-hydrogen) atoms. The molecule has 0 saturated carbocycles. The molecule has 0 aliphatic heterocycles. The molecule has 0 atom stereocenters. The number of rotatable bonds is 5. The standard InChI is InChI=1S/C11H15NO4/c1-8-6-9(7-11(15)16-8)12-10(14)4-2-3-5-13/h6-7,13H,2-5H2,1H3,(H,12,14). The molecule has 2 N–H and O–H groups in total. The molecule has 1 aromatic heterocycles. The second-order valence-electron chi connectivity index (χ2n) is 3.50. The lowest BCUT2D eigenvalue weighted by Crippen LogP contribution is -2.13. The number of amides is 1. The summed E-state index contributed by atoms with van der Waals surface area (Å²) in [6, 6.07) is 2.82. The minimum atomic E-state index is -0.481. The van der Waals surface area contributed by atoms with Crippen LogP contribution >= 0.6 is 0 Å². The van der Waals surface area contributed by atoms with E-state index in [4.69, 9.17) is 9.52 Å². The number of carbonyl (C=O) groups is 1. The highest BCUT2D eigenvalue weighted by molar-refractivity contribution is 5.90. The SMILES string of the molecule is Cc1cc(NC(=O)CCCCO)cc(=O)o1. The number of nitrogens with one attached hydrogen (secondary N) is 1. The molecule has 5 nitrogen and oxygen atoms in total. The Balaban J connectivity index is 2.52. The minimum absolute atomic E-state index is 0.0846. The molecular formula is C11H15NO4. The van der Waals surface area contributed by atoms with Crippen LogP contribution in [-0.2, 0) is 4.79 Å². The lowest BCUT2D eigenvalue weighted by atomic mass is 10.2. The molecule has 0 aromatic carbocycles. The van der Waals surface area contributed by atoms with Gasteiger partial charge in [-0.2, -0.15) is 0 Å². The third-order valence-electron chi connectivity index (χ3n) is 1.99. The second kappa shape index (κ2) is 6.07. The van der Waals surface area contributed by atoms with Gasteiger partial charge in [-0.1, -0.05) is 0 Å². The molecule has 5 heteroatoms. The zero-order valence-electron chi connectivity index (χ0n) is 9.16. The number of carbonyl (C=O) groups excluding carboxylic acids is 1. The fourth-order valence-corrected chi connectivity index (χ4v) is 1.30. The van der Waals surface area contributed by atoms with Gasteiger partial charge in [-0.25, -0.2) is 4.79 Å².